The van der Waals surface area contributed by atoms with Gasteiger partial charge in [0.05, 0.1) is 10.6 Å². The van der Waals surface area contributed by atoms with E-state index in [9.17, 15) is 9.59 Å². The third-order valence-electron chi connectivity index (χ3n) is 2.64. The maximum Gasteiger partial charge on any atom is 0.255 e. The van der Waals surface area contributed by atoms with Crippen molar-refractivity contribution >= 4 is 34.8 Å². The molecule has 5 N–H and O–H groups in total. The van der Waals surface area contributed by atoms with Crippen molar-refractivity contribution in [3.05, 3.63) is 58.6 Å². The molecule has 0 saturated heterocycles. The van der Waals surface area contributed by atoms with E-state index in [0.29, 0.717) is 16.9 Å². The molecule has 0 saturated carbocycles. The highest BCUT2D eigenvalue weighted by atomic mass is 35.5. The fraction of sp³-hybridized carbons (Fsp3) is 0. The number of rotatable bonds is 3. The zero-order valence-electron chi connectivity index (χ0n) is 10.4. The Labute approximate surface area is 120 Å². The molecule has 0 aliphatic rings. The minimum absolute atomic E-state index is 0.150. The molecule has 2 amide bonds. The fourth-order valence-electron chi connectivity index (χ4n) is 1.68. The summed E-state index contributed by atoms with van der Waals surface area (Å²) in [7, 11) is 0. The Morgan fingerprint density at radius 2 is 1.85 bits per heavy atom. The van der Waals surface area contributed by atoms with Crippen molar-refractivity contribution in [3.63, 3.8) is 0 Å². The Morgan fingerprint density at radius 1 is 1.10 bits per heavy atom. The number of primary amides is 1. The summed E-state index contributed by atoms with van der Waals surface area (Å²) in [5, 5.41) is 2.88. The summed E-state index contributed by atoms with van der Waals surface area (Å²) in [5.74, 6) is -0.995. The molecule has 0 spiro atoms. The van der Waals surface area contributed by atoms with Crippen LogP contribution in [0.4, 0.5) is 11.4 Å². The summed E-state index contributed by atoms with van der Waals surface area (Å²) in [6.07, 6.45) is 0. The van der Waals surface area contributed by atoms with Gasteiger partial charge >= 0.3 is 0 Å². The molecule has 0 aliphatic carbocycles. The van der Waals surface area contributed by atoms with Crippen LogP contribution in [0, 0.1) is 0 Å². The molecule has 102 valence electrons. The third-order valence-corrected chi connectivity index (χ3v) is 2.97. The van der Waals surface area contributed by atoms with Crippen LogP contribution in [-0.4, -0.2) is 11.8 Å². The molecule has 0 radical (unpaired) electrons. The fourth-order valence-corrected chi connectivity index (χ4v) is 1.89. The Balaban J connectivity index is 2.24. The van der Waals surface area contributed by atoms with Crippen LogP contribution in [0.2, 0.25) is 5.02 Å². The summed E-state index contributed by atoms with van der Waals surface area (Å²) in [6.45, 7) is 0. The zero-order chi connectivity index (χ0) is 14.7. The smallest absolute Gasteiger partial charge is 0.255 e. The number of carbonyl (C=O) groups is 2. The molecule has 0 bridgehead atoms. The van der Waals surface area contributed by atoms with Gasteiger partial charge in [0.1, 0.15) is 0 Å². The lowest BCUT2D eigenvalue weighted by Crippen LogP contribution is -2.15. The molecule has 0 atom stereocenters. The molecular weight excluding hydrogens is 278 g/mol. The normalized spacial score (nSPS) is 10.1. The van der Waals surface area contributed by atoms with Crippen molar-refractivity contribution in [2.24, 2.45) is 5.73 Å². The first-order valence-corrected chi connectivity index (χ1v) is 6.11. The SMILES string of the molecule is NC(=O)c1cc(NC(=O)c2cccc(N)c2)ccc1Cl. The lowest BCUT2D eigenvalue weighted by atomic mass is 10.1. The number of nitrogens with one attached hydrogen (secondary N) is 1. The van der Waals surface area contributed by atoms with Gasteiger partial charge in [-0.15, -0.1) is 0 Å². The van der Waals surface area contributed by atoms with Gasteiger partial charge in [-0.25, -0.2) is 0 Å². The number of benzene rings is 2. The van der Waals surface area contributed by atoms with Gasteiger partial charge in [0.2, 0.25) is 5.91 Å². The van der Waals surface area contributed by atoms with E-state index in [1.807, 2.05) is 0 Å². The average molecular weight is 290 g/mol. The van der Waals surface area contributed by atoms with Gasteiger partial charge in [0, 0.05) is 16.9 Å². The van der Waals surface area contributed by atoms with E-state index in [1.54, 1.807) is 30.3 Å². The number of halogens is 1. The third kappa shape index (κ3) is 3.07. The molecule has 6 heteroatoms. The van der Waals surface area contributed by atoms with Crippen molar-refractivity contribution < 1.29 is 9.59 Å². The number of nitrogens with two attached hydrogens (primary N) is 2. The summed E-state index contributed by atoms with van der Waals surface area (Å²) >= 11 is 5.84. The topological polar surface area (TPSA) is 98.2 Å². The molecule has 0 heterocycles. The van der Waals surface area contributed by atoms with Crippen LogP contribution in [0.25, 0.3) is 0 Å². The number of anilines is 2. The van der Waals surface area contributed by atoms with Crippen LogP contribution >= 0.6 is 11.6 Å². The monoisotopic (exact) mass is 289 g/mol. The van der Waals surface area contributed by atoms with Crippen molar-refractivity contribution in [3.8, 4) is 0 Å². The zero-order valence-corrected chi connectivity index (χ0v) is 11.1. The van der Waals surface area contributed by atoms with Crippen molar-refractivity contribution in [2.45, 2.75) is 0 Å². The minimum Gasteiger partial charge on any atom is -0.399 e. The van der Waals surface area contributed by atoms with Crippen LogP contribution in [-0.2, 0) is 0 Å². The average Bonchev–Trinajstić information content (AvgIpc) is 2.40. The van der Waals surface area contributed by atoms with Gasteiger partial charge in [-0.3, -0.25) is 9.59 Å². The van der Waals surface area contributed by atoms with Gasteiger partial charge in [0.25, 0.3) is 5.91 Å². The Hall–Kier alpha value is -2.53. The van der Waals surface area contributed by atoms with Crippen LogP contribution in [0.1, 0.15) is 20.7 Å². The summed E-state index contributed by atoms with van der Waals surface area (Å²) in [5.41, 5.74) is 12.3. The second kappa shape index (κ2) is 5.63. The lowest BCUT2D eigenvalue weighted by Gasteiger charge is -2.08. The second-order valence-corrected chi connectivity index (χ2v) is 4.55. The Morgan fingerprint density at radius 3 is 2.50 bits per heavy atom. The van der Waals surface area contributed by atoms with E-state index >= 15 is 0 Å². The van der Waals surface area contributed by atoms with Crippen LogP contribution < -0.4 is 16.8 Å². The number of hydrogen-bond acceptors (Lipinski definition) is 3. The van der Waals surface area contributed by atoms with E-state index in [1.165, 1.54) is 12.1 Å². The molecule has 2 rings (SSSR count). The molecule has 2 aromatic carbocycles. The Kier molecular flexibility index (Phi) is 3.91. The largest absolute Gasteiger partial charge is 0.399 e. The molecular formula is C14H12ClN3O2. The highest BCUT2D eigenvalue weighted by Gasteiger charge is 2.10. The first kappa shape index (κ1) is 13.9. The summed E-state index contributed by atoms with van der Waals surface area (Å²) in [6, 6.07) is 11.1. The number of hydrogen-bond donors (Lipinski definition) is 3. The molecule has 0 aliphatic heterocycles. The van der Waals surface area contributed by atoms with E-state index in [-0.39, 0.29) is 16.5 Å². The first-order valence-electron chi connectivity index (χ1n) is 5.73. The van der Waals surface area contributed by atoms with Crippen molar-refractivity contribution in [1.82, 2.24) is 0 Å². The lowest BCUT2D eigenvalue weighted by molar-refractivity contribution is 0.0996. The van der Waals surface area contributed by atoms with E-state index in [2.05, 4.69) is 5.32 Å². The van der Waals surface area contributed by atoms with Crippen molar-refractivity contribution in [2.75, 3.05) is 11.1 Å². The van der Waals surface area contributed by atoms with E-state index in [0.717, 1.165) is 0 Å². The standard InChI is InChI=1S/C14H12ClN3O2/c15-12-5-4-10(7-11(12)13(17)19)18-14(20)8-2-1-3-9(16)6-8/h1-7H,16H2,(H2,17,19)(H,18,20). The van der Waals surface area contributed by atoms with E-state index < -0.39 is 5.91 Å². The molecule has 0 aromatic heterocycles. The summed E-state index contributed by atoms with van der Waals surface area (Å²) < 4.78 is 0. The molecule has 5 nitrogen and oxygen atoms in total. The van der Waals surface area contributed by atoms with Gasteiger partial charge < -0.3 is 16.8 Å². The maximum atomic E-state index is 12.0. The van der Waals surface area contributed by atoms with Gasteiger partial charge in [-0.05, 0) is 36.4 Å². The highest BCUT2D eigenvalue weighted by molar-refractivity contribution is 6.34. The first-order chi connectivity index (χ1) is 9.47. The molecule has 20 heavy (non-hydrogen) atoms. The Bertz CT molecular complexity index is 686. The summed E-state index contributed by atoms with van der Waals surface area (Å²) in [4.78, 5) is 23.2. The van der Waals surface area contributed by atoms with Crippen molar-refractivity contribution in [1.29, 1.82) is 0 Å². The number of nitrogen functional groups attached to an aromatic ring is 1. The van der Waals surface area contributed by atoms with Crippen LogP contribution in [0.5, 0.6) is 0 Å². The predicted octanol–water partition coefficient (Wildman–Crippen LogP) is 2.27. The van der Waals surface area contributed by atoms with Crippen LogP contribution in [0.15, 0.2) is 42.5 Å². The molecule has 0 unspecified atom stereocenters. The predicted molar refractivity (Wildman–Crippen MR) is 78.8 cm³/mol. The highest BCUT2D eigenvalue weighted by Crippen LogP contribution is 2.20. The van der Waals surface area contributed by atoms with Gasteiger partial charge in [-0.1, -0.05) is 17.7 Å². The van der Waals surface area contributed by atoms with E-state index in [4.69, 9.17) is 23.1 Å². The van der Waals surface area contributed by atoms with Crippen LogP contribution in [0.3, 0.4) is 0 Å². The molecule has 2 aromatic rings. The van der Waals surface area contributed by atoms with Gasteiger partial charge in [0.15, 0.2) is 0 Å². The van der Waals surface area contributed by atoms with Gasteiger partial charge in [-0.2, -0.15) is 0 Å². The number of carbonyl (C=O) groups excluding carboxylic acids is 2. The minimum atomic E-state index is -0.657. The quantitative estimate of drug-likeness (QED) is 0.756. The second-order valence-electron chi connectivity index (χ2n) is 4.14. The molecule has 0 fully saturated rings. The number of amides is 2. The maximum absolute atomic E-state index is 12.0.